The highest BCUT2D eigenvalue weighted by molar-refractivity contribution is 7.18. The molecule has 0 saturated heterocycles. The van der Waals surface area contributed by atoms with Crippen molar-refractivity contribution in [3.8, 4) is 10.4 Å². The van der Waals surface area contributed by atoms with E-state index < -0.39 is 5.97 Å². The highest BCUT2D eigenvalue weighted by Gasteiger charge is 2.37. The Labute approximate surface area is 198 Å². The molecule has 2 fully saturated rings. The maximum atomic E-state index is 13.8. The summed E-state index contributed by atoms with van der Waals surface area (Å²) >= 11 is 7.22. The van der Waals surface area contributed by atoms with Gasteiger partial charge in [0.2, 0.25) is 5.91 Å². The summed E-state index contributed by atoms with van der Waals surface area (Å²) in [7, 11) is 0. The van der Waals surface area contributed by atoms with Gasteiger partial charge in [-0.3, -0.25) is 4.79 Å². The number of halogens is 1. The summed E-state index contributed by atoms with van der Waals surface area (Å²) in [6.45, 7) is 2.22. The second kappa shape index (κ2) is 9.94. The third-order valence-electron chi connectivity index (χ3n) is 6.93. The van der Waals surface area contributed by atoms with Crippen LogP contribution in [0.4, 0.5) is 5.69 Å². The number of hydrogen-bond donors (Lipinski definition) is 2. The van der Waals surface area contributed by atoms with Crippen LogP contribution >= 0.6 is 22.9 Å². The van der Waals surface area contributed by atoms with Crippen LogP contribution in [0.5, 0.6) is 0 Å². The number of carbonyl (C=O) groups excluding carboxylic acids is 1. The van der Waals surface area contributed by atoms with Crippen LogP contribution in [0, 0.1) is 11.8 Å². The Hall–Kier alpha value is -1.89. The molecule has 0 radical (unpaired) electrons. The Kier molecular flexibility index (Phi) is 7.23. The van der Waals surface area contributed by atoms with E-state index in [0.717, 1.165) is 36.1 Å². The van der Waals surface area contributed by atoms with E-state index in [-0.39, 0.29) is 28.8 Å². The Bertz CT molecular complexity index is 957. The van der Waals surface area contributed by atoms with E-state index in [1.165, 1.54) is 11.3 Å². The molecule has 0 unspecified atom stereocenters. The number of amides is 1. The molecule has 1 aromatic heterocycles. The molecule has 2 aliphatic rings. The molecule has 0 bridgehead atoms. The van der Waals surface area contributed by atoms with E-state index in [4.69, 9.17) is 11.6 Å². The summed E-state index contributed by atoms with van der Waals surface area (Å²) in [6.07, 6.45) is 6.04. The molecule has 5 nitrogen and oxygen atoms in total. The second-order valence-electron chi connectivity index (χ2n) is 9.26. The Balaban J connectivity index is 1.73. The lowest BCUT2D eigenvalue weighted by molar-refractivity contribution is -0.124. The van der Waals surface area contributed by atoms with E-state index >= 15 is 0 Å². The Morgan fingerprint density at radius 2 is 1.62 bits per heavy atom. The number of aliphatic hydroxyl groups is 1. The third kappa shape index (κ3) is 5.03. The van der Waals surface area contributed by atoms with E-state index in [9.17, 15) is 19.8 Å². The van der Waals surface area contributed by atoms with Crippen molar-refractivity contribution < 1.29 is 19.8 Å². The number of benzene rings is 1. The van der Waals surface area contributed by atoms with Gasteiger partial charge in [0.15, 0.2) is 0 Å². The van der Waals surface area contributed by atoms with Crippen LogP contribution in [0.1, 0.15) is 68.0 Å². The van der Waals surface area contributed by atoms with Crippen LogP contribution in [0.3, 0.4) is 0 Å². The van der Waals surface area contributed by atoms with E-state index in [1.54, 1.807) is 17.0 Å². The summed E-state index contributed by atoms with van der Waals surface area (Å²) in [5, 5.41) is 20.6. The second-order valence-corrected chi connectivity index (χ2v) is 10.8. The number of anilines is 1. The SMILES string of the molecule is CC1CCC(C(=O)N(c2cc(-c3ccc(Cl)cc3)sc2C(=O)O)C2CCC(O)CC2)CC1. The monoisotopic (exact) mass is 475 g/mol. The van der Waals surface area contributed by atoms with Gasteiger partial charge in [-0.2, -0.15) is 0 Å². The molecule has 7 heteroatoms. The number of hydrogen-bond acceptors (Lipinski definition) is 4. The van der Waals surface area contributed by atoms with Gasteiger partial charge >= 0.3 is 5.97 Å². The lowest BCUT2D eigenvalue weighted by Gasteiger charge is -2.38. The van der Waals surface area contributed by atoms with Crippen molar-refractivity contribution in [3.05, 3.63) is 40.2 Å². The maximum Gasteiger partial charge on any atom is 0.348 e. The van der Waals surface area contributed by atoms with Gasteiger partial charge in [-0.05, 0) is 81.0 Å². The van der Waals surface area contributed by atoms with Gasteiger partial charge in [-0.1, -0.05) is 30.7 Å². The van der Waals surface area contributed by atoms with Gasteiger partial charge in [0.05, 0.1) is 11.8 Å². The number of nitrogens with zero attached hydrogens (tertiary/aromatic N) is 1. The fourth-order valence-electron chi connectivity index (χ4n) is 4.99. The number of aromatic carboxylic acids is 1. The summed E-state index contributed by atoms with van der Waals surface area (Å²) < 4.78 is 0. The molecule has 0 spiro atoms. The number of aliphatic hydroxyl groups excluding tert-OH is 1. The molecule has 2 N–H and O–H groups in total. The van der Waals surface area contributed by atoms with Gasteiger partial charge in [0, 0.05) is 21.9 Å². The largest absolute Gasteiger partial charge is 0.477 e. The number of rotatable bonds is 5. The van der Waals surface area contributed by atoms with E-state index in [2.05, 4.69) is 6.92 Å². The minimum atomic E-state index is -1.02. The predicted octanol–water partition coefficient (Wildman–Crippen LogP) is 6.23. The smallest absolute Gasteiger partial charge is 0.348 e. The van der Waals surface area contributed by atoms with Crippen LogP contribution in [0.2, 0.25) is 5.02 Å². The number of carbonyl (C=O) groups is 2. The van der Waals surface area contributed by atoms with Gasteiger partial charge in [-0.25, -0.2) is 4.79 Å². The standard InChI is InChI=1S/C25H30ClNO4S/c1-15-2-4-17(5-3-15)24(29)27(19-10-12-20(28)13-11-19)21-14-22(32-23(21)25(30)31)16-6-8-18(26)9-7-16/h6-9,14-15,17,19-20,28H,2-5,10-13H2,1H3,(H,30,31). The topological polar surface area (TPSA) is 77.8 Å². The molecule has 172 valence electrons. The van der Waals surface area contributed by atoms with E-state index in [1.807, 2.05) is 18.2 Å². The zero-order valence-electron chi connectivity index (χ0n) is 18.3. The molecule has 0 aliphatic heterocycles. The van der Waals surface area contributed by atoms with Crippen molar-refractivity contribution in [2.75, 3.05) is 4.90 Å². The average molecular weight is 476 g/mol. The zero-order valence-corrected chi connectivity index (χ0v) is 19.9. The maximum absolute atomic E-state index is 13.8. The molecule has 2 saturated carbocycles. The fraction of sp³-hybridized carbons (Fsp3) is 0.520. The number of carboxylic acids is 1. The normalized spacial score (nSPS) is 26.0. The van der Waals surface area contributed by atoms with Crippen molar-refractivity contribution in [3.63, 3.8) is 0 Å². The van der Waals surface area contributed by atoms with E-state index in [0.29, 0.717) is 42.3 Å². The first kappa shape index (κ1) is 23.3. The van der Waals surface area contributed by atoms with Crippen molar-refractivity contribution in [2.45, 2.75) is 70.4 Å². The van der Waals surface area contributed by atoms with Crippen LogP contribution in [-0.4, -0.2) is 34.2 Å². The molecule has 32 heavy (non-hydrogen) atoms. The summed E-state index contributed by atoms with van der Waals surface area (Å²) in [4.78, 5) is 28.8. The average Bonchev–Trinajstić information content (AvgIpc) is 3.21. The quantitative estimate of drug-likeness (QED) is 0.537. The van der Waals surface area contributed by atoms with Crippen molar-refractivity contribution in [1.29, 1.82) is 0 Å². The summed E-state index contributed by atoms with van der Waals surface area (Å²) in [5.74, 6) is -0.416. The molecule has 1 heterocycles. The fourth-order valence-corrected chi connectivity index (χ4v) is 6.11. The highest BCUT2D eigenvalue weighted by Crippen LogP contribution is 2.41. The minimum Gasteiger partial charge on any atom is -0.477 e. The first-order valence-electron chi connectivity index (χ1n) is 11.5. The molecule has 0 atom stereocenters. The van der Waals surface area contributed by atoms with Gasteiger partial charge in [-0.15, -0.1) is 11.3 Å². The van der Waals surface area contributed by atoms with Gasteiger partial charge < -0.3 is 15.1 Å². The molecule has 1 aromatic carbocycles. The van der Waals surface area contributed by atoms with Gasteiger partial charge in [0.1, 0.15) is 4.88 Å². The molecular weight excluding hydrogens is 446 g/mol. The van der Waals surface area contributed by atoms with Crippen molar-refractivity contribution in [1.82, 2.24) is 0 Å². The minimum absolute atomic E-state index is 0.0428. The van der Waals surface area contributed by atoms with Crippen LogP contribution in [0.15, 0.2) is 30.3 Å². The predicted molar refractivity (Wildman–Crippen MR) is 129 cm³/mol. The molecule has 2 aromatic rings. The molecular formula is C25H30ClNO4S. The number of thiophene rings is 1. The highest BCUT2D eigenvalue weighted by atomic mass is 35.5. The van der Waals surface area contributed by atoms with Crippen LogP contribution in [0.25, 0.3) is 10.4 Å². The van der Waals surface area contributed by atoms with Crippen molar-refractivity contribution >= 4 is 40.5 Å². The Morgan fingerprint density at radius 1 is 1.00 bits per heavy atom. The Morgan fingerprint density at radius 3 is 2.22 bits per heavy atom. The van der Waals surface area contributed by atoms with Gasteiger partial charge in [0.25, 0.3) is 0 Å². The molecule has 4 rings (SSSR count). The third-order valence-corrected chi connectivity index (χ3v) is 8.34. The lowest BCUT2D eigenvalue weighted by atomic mass is 9.81. The number of carboxylic acid groups (broad SMARTS) is 1. The molecule has 2 aliphatic carbocycles. The lowest BCUT2D eigenvalue weighted by Crippen LogP contribution is -2.47. The zero-order chi connectivity index (χ0) is 22.8. The summed E-state index contributed by atoms with van der Waals surface area (Å²) in [6, 6.07) is 9.07. The first-order chi connectivity index (χ1) is 15.3. The molecule has 1 amide bonds. The summed E-state index contributed by atoms with van der Waals surface area (Å²) in [5.41, 5.74) is 1.38. The first-order valence-corrected chi connectivity index (χ1v) is 12.7. The van der Waals surface area contributed by atoms with Crippen LogP contribution < -0.4 is 4.90 Å². The van der Waals surface area contributed by atoms with Crippen LogP contribution in [-0.2, 0) is 4.79 Å². The van der Waals surface area contributed by atoms with Crippen molar-refractivity contribution in [2.24, 2.45) is 11.8 Å².